The van der Waals surface area contributed by atoms with Crippen LogP contribution in [0.1, 0.15) is 59.3 Å². The normalized spacial score (nSPS) is 26.8. The fourth-order valence-electron chi connectivity index (χ4n) is 3.62. The first-order valence-corrected chi connectivity index (χ1v) is 13.0. The average molecular weight is 471 g/mol. The molecule has 0 aliphatic carbocycles. The maximum atomic E-state index is 10.6. The summed E-state index contributed by atoms with van der Waals surface area (Å²) in [6.07, 6.45) is 2.84. The summed E-state index contributed by atoms with van der Waals surface area (Å²) in [5.74, 6) is 0. The molecule has 1 heterocycles. The lowest BCUT2D eigenvalue weighted by molar-refractivity contribution is -0.258. The van der Waals surface area contributed by atoms with Gasteiger partial charge in [-0.1, -0.05) is 70.0 Å². The second-order valence-electron chi connectivity index (χ2n) is 8.22. The Hall–Kier alpha value is -0.670. The largest absolute Gasteiger partial charge is 0.394 e. The summed E-state index contributed by atoms with van der Waals surface area (Å²) in [6.45, 7) is 7.72. The summed E-state index contributed by atoms with van der Waals surface area (Å²) in [7, 11) is 0. The topological polar surface area (TPSA) is 77.4 Å². The van der Waals surface area contributed by atoms with Crippen molar-refractivity contribution < 1.29 is 29.2 Å². The van der Waals surface area contributed by atoms with Crippen LogP contribution < -0.4 is 0 Å². The van der Waals surface area contributed by atoms with Gasteiger partial charge in [0.15, 0.2) is 0 Å². The molecule has 3 unspecified atom stereocenters. The number of aliphatic hydroxyl groups is 2. The first kappa shape index (κ1) is 27.6. The molecule has 6 atom stereocenters. The molecule has 1 saturated heterocycles. The van der Waals surface area contributed by atoms with Crippen molar-refractivity contribution in [2.75, 3.05) is 26.4 Å². The predicted molar refractivity (Wildman–Crippen MR) is 128 cm³/mol. The molecule has 2 rings (SSSR count). The highest BCUT2D eigenvalue weighted by Gasteiger charge is 2.50. The number of hydrogen-bond acceptors (Lipinski definition) is 7. The smallest absolute Gasteiger partial charge is 0.137 e. The number of rotatable bonds is 16. The molecule has 32 heavy (non-hydrogen) atoms. The Labute approximate surface area is 198 Å². The molecule has 184 valence electrons. The van der Waals surface area contributed by atoms with Gasteiger partial charge in [-0.2, -0.15) is 0 Å². The summed E-state index contributed by atoms with van der Waals surface area (Å²) in [5.41, 5.74) is -0.391. The third-order valence-corrected chi connectivity index (χ3v) is 6.67. The van der Waals surface area contributed by atoms with Crippen LogP contribution >= 0.6 is 11.8 Å². The van der Waals surface area contributed by atoms with Crippen molar-refractivity contribution in [2.45, 2.75) is 100 Å². The van der Waals surface area contributed by atoms with Gasteiger partial charge in [-0.25, -0.2) is 0 Å². The number of aliphatic hydroxyl groups excluding tert-OH is 2. The van der Waals surface area contributed by atoms with E-state index in [0.717, 1.165) is 43.4 Å². The lowest BCUT2D eigenvalue weighted by Gasteiger charge is -2.47. The summed E-state index contributed by atoms with van der Waals surface area (Å²) in [4.78, 5) is 1.05. The molecule has 1 aliphatic heterocycles. The van der Waals surface area contributed by atoms with Crippen molar-refractivity contribution in [3.8, 4) is 0 Å². The number of benzene rings is 1. The third-order valence-electron chi connectivity index (χ3n) is 5.52. The number of hydrogen-bond donors (Lipinski definition) is 2. The molecule has 1 aromatic rings. The Morgan fingerprint density at radius 1 is 0.844 bits per heavy atom. The minimum absolute atomic E-state index is 0.350. The quantitative estimate of drug-likeness (QED) is 0.347. The van der Waals surface area contributed by atoms with E-state index in [1.54, 1.807) is 11.8 Å². The van der Waals surface area contributed by atoms with Crippen LogP contribution in [0.3, 0.4) is 0 Å². The monoisotopic (exact) mass is 470 g/mol. The van der Waals surface area contributed by atoms with E-state index in [-0.39, 0.29) is 6.10 Å². The van der Waals surface area contributed by atoms with Gasteiger partial charge in [0.1, 0.15) is 36.0 Å². The van der Waals surface area contributed by atoms with Crippen LogP contribution in [-0.2, 0) is 18.9 Å². The molecular formula is C25H42O6S. The highest BCUT2D eigenvalue weighted by atomic mass is 32.2. The predicted octanol–water partition coefficient (Wildman–Crippen LogP) is 4.41. The van der Waals surface area contributed by atoms with Crippen molar-refractivity contribution in [1.29, 1.82) is 0 Å². The highest BCUT2D eigenvalue weighted by molar-refractivity contribution is 7.99. The van der Waals surface area contributed by atoms with E-state index >= 15 is 0 Å². The Morgan fingerprint density at radius 3 is 1.91 bits per heavy atom. The minimum Gasteiger partial charge on any atom is -0.394 e. The van der Waals surface area contributed by atoms with Crippen LogP contribution in [0, 0.1) is 0 Å². The third kappa shape index (κ3) is 8.60. The van der Waals surface area contributed by atoms with Crippen LogP contribution in [0.15, 0.2) is 35.2 Å². The zero-order valence-electron chi connectivity index (χ0n) is 19.9. The van der Waals surface area contributed by atoms with E-state index in [1.165, 1.54) is 0 Å². The van der Waals surface area contributed by atoms with Crippen LogP contribution in [0.25, 0.3) is 0 Å². The molecule has 7 heteroatoms. The second kappa shape index (κ2) is 16.0. The Morgan fingerprint density at radius 2 is 1.38 bits per heavy atom. The summed E-state index contributed by atoms with van der Waals surface area (Å²) >= 11 is 1.56. The number of unbranched alkanes of at least 4 members (excludes halogenated alkanes) is 3. The van der Waals surface area contributed by atoms with Gasteiger partial charge in [-0.3, -0.25) is 0 Å². The molecule has 6 nitrogen and oxygen atoms in total. The highest BCUT2D eigenvalue weighted by Crippen LogP contribution is 2.38. The summed E-state index contributed by atoms with van der Waals surface area (Å²) in [6, 6.07) is 10.0. The van der Waals surface area contributed by atoms with Crippen LogP contribution in [0.5, 0.6) is 0 Å². The molecule has 1 fully saturated rings. The fourth-order valence-corrected chi connectivity index (χ4v) is 4.76. The molecule has 0 bridgehead atoms. The molecule has 0 aromatic heterocycles. The van der Waals surface area contributed by atoms with Gasteiger partial charge in [0, 0.05) is 24.7 Å². The van der Waals surface area contributed by atoms with E-state index in [9.17, 15) is 10.2 Å². The summed E-state index contributed by atoms with van der Waals surface area (Å²) in [5, 5.41) is 20.4. The van der Waals surface area contributed by atoms with Crippen molar-refractivity contribution in [3.63, 3.8) is 0 Å². The average Bonchev–Trinajstić information content (AvgIpc) is 2.81. The molecule has 0 spiro atoms. The van der Waals surface area contributed by atoms with Gasteiger partial charge in [-0.05, 0) is 31.4 Å². The van der Waals surface area contributed by atoms with Gasteiger partial charge in [-0.15, -0.1) is 0 Å². The van der Waals surface area contributed by atoms with Crippen LogP contribution in [0.2, 0.25) is 0 Å². The van der Waals surface area contributed by atoms with E-state index < -0.39 is 36.5 Å². The maximum absolute atomic E-state index is 10.6. The first-order valence-electron chi connectivity index (χ1n) is 12.2. The molecule has 0 radical (unpaired) electrons. The van der Waals surface area contributed by atoms with Crippen LogP contribution in [0.4, 0.5) is 0 Å². The standard InChI is InChI=1S/C25H42O6S/c1-4-7-15-28-22-21(20(27)18-26)31-25(32-19-13-11-10-12-14-19)24(30-17-9-6-3)23(22)29-16-8-5-2/h10-14,20-27H,4-9,15-18H2,1-3H3/t20?,21?,22-,23?,24-,25-/m1/s1. The fraction of sp³-hybridized carbons (Fsp3) is 0.760. The van der Waals surface area contributed by atoms with Crippen molar-refractivity contribution in [3.05, 3.63) is 30.3 Å². The molecule has 2 N–H and O–H groups in total. The maximum Gasteiger partial charge on any atom is 0.137 e. The van der Waals surface area contributed by atoms with Gasteiger partial charge in [0.25, 0.3) is 0 Å². The molecule has 1 aromatic carbocycles. The van der Waals surface area contributed by atoms with Crippen LogP contribution in [-0.4, -0.2) is 72.6 Å². The second-order valence-corrected chi connectivity index (χ2v) is 9.39. The number of thioether (sulfide) groups is 1. The summed E-state index contributed by atoms with van der Waals surface area (Å²) < 4.78 is 25.3. The van der Waals surface area contributed by atoms with E-state index in [2.05, 4.69) is 20.8 Å². The van der Waals surface area contributed by atoms with Gasteiger partial charge in [0.2, 0.25) is 0 Å². The van der Waals surface area contributed by atoms with Crippen molar-refractivity contribution >= 4 is 11.8 Å². The van der Waals surface area contributed by atoms with E-state index in [0.29, 0.717) is 19.8 Å². The van der Waals surface area contributed by atoms with E-state index in [4.69, 9.17) is 18.9 Å². The molecular weight excluding hydrogens is 428 g/mol. The first-order chi connectivity index (χ1) is 15.7. The van der Waals surface area contributed by atoms with Gasteiger partial charge < -0.3 is 29.2 Å². The molecule has 1 aliphatic rings. The number of ether oxygens (including phenoxy) is 4. The SMILES string of the molecule is CCCCOC1[C@H](OCCCC)C(C(O)CO)O[C@H](Sc2ccccc2)[C@@H]1OCCCC. The zero-order valence-corrected chi connectivity index (χ0v) is 20.7. The molecule has 0 amide bonds. The lowest BCUT2D eigenvalue weighted by Crippen LogP contribution is -2.62. The Balaban J connectivity index is 2.32. The van der Waals surface area contributed by atoms with Gasteiger partial charge in [0.05, 0.1) is 6.61 Å². The van der Waals surface area contributed by atoms with Gasteiger partial charge >= 0.3 is 0 Å². The lowest BCUT2D eigenvalue weighted by atomic mass is 9.95. The zero-order chi connectivity index (χ0) is 23.2. The Bertz CT molecular complexity index is 589. The molecule has 0 saturated carbocycles. The Kier molecular flexibility index (Phi) is 13.8. The van der Waals surface area contributed by atoms with Crippen molar-refractivity contribution in [1.82, 2.24) is 0 Å². The van der Waals surface area contributed by atoms with E-state index in [1.807, 2.05) is 30.3 Å². The minimum atomic E-state index is -1.06. The van der Waals surface area contributed by atoms with Crippen molar-refractivity contribution in [2.24, 2.45) is 0 Å².